The van der Waals surface area contributed by atoms with Gasteiger partial charge in [0.1, 0.15) is 5.82 Å². The maximum absolute atomic E-state index is 12.9. The molecule has 0 fully saturated rings. The largest absolute Gasteiger partial charge is 0.469 e. The molecule has 0 bridgehead atoms. The van der Waals surface area contributed by atoms with Crippen molar-refractivity contribution in [3.63, 3.8) is 0 Å². The summed E-state index contributed by atoms with van der Waals surface area (Å²) in [7, 11) is 1.32. The van der Waals surface area contributed by atoms with Crippen molar-refractivity contribution in [1.82, 2.24) is 0 Å². The zero-order chi connectivity index (χ0) is 10.6. The van der Waals surface area contributed by atoms with Crippen LogP contribution in [0.2, 0.25) is 0 Å². The fraction of sp³-hybridized carbons (Fsp3) is 0.300. The van der Waals surface area contributed by atoms with Gasteiger partial charge in [-0.2, -0.15) is 0 Å². The minimum Gasteiger partial charge on any atom is -0.469 e. The maximum atomic E-state index is 12.9. The first-order valence-electron chi connectivity index (χ1n) is 4.08. The molecular weight excluding hydrogens is 251 g/mol. The van der Waals surface area contributed by atoms with Crippen molar-refractivity contribution in [3.05, 3.63) is 35.6 Å². The van der Waals surface area contributed by atoms with E-state index in [4.69, 9.17) is 0 Å². The Kier molecular flexibility index (Phi) is 4.07. The number of rotatable bonds is 3. The number of halogens is 2. The lowest BCUT2D eigenvalue weighted by atomic mass is 10.0. The molecule has 0 aliphatic heterocycles. The van der Waals surface area contributed by atoms with Gasteiger partial charge in [0.25, 0.3) is 0 Å². The number of alkyl halides is 1. The molecule has 0 aromatic heterocycles. The molecule has 0 aliphatic carbocycles. The Balaban J connectivity index is 2.94. The van der Waals surface area contributed by atoms with Crippen molar-refractivity contribution in [2.45, 2.75) is 5.92 Å². The molecule has 0 amide bonds. The van der Waals surface area contributed by atoms with Gasteiger partial charge in [0.05, 0.1) is 13.0 Å². The lowest BCUT2D eigenvalue weighted by molar-refractivity contribution is -0.141. The van der Waals surface area contributed by atoms with E-state index in [9.17, 15) is 9.18 Å². The van der Waals surface area contributed by atoms with Crippen LogP contribution in [0.25, 0.3) is 0 Å². The van der Waals surface area contributed by atoms with E-state index < -0.39 is 5.92 Å². The topological polar surface area (TPSA) is 26.3 Å². The molecule has 1 atom stereocenters. The highest BCUT2D eigenvalue weighted by Crippen LogP contribution is 2.20. The summed E-state index contributed by atoms with van der Waals surface area (Å²) in [5, 5.41) is 0.420. The summed E-state index contributed by atoms with van der Waals surface area (Å²) in [5.74, 6) is -1.17. The average Bonchev–Trinajstić information content (AvgIpc) is 2.19. The van der Waals surface area contributed by atoms with E-state index in [1.807, 2.05) is 0 Å². The Bertz CT molecular complexity index is 328. The quantitative estimate of drug-likeness (QED) is 0.617. The summed E-state index contributed by atoms with van der Waals surface area (Å²) in [6.07, 6.45) is 0. The Morgan fingerprint density at radius 3 is 2.86 bits per heavy atom. The summed E-state index contributed by atoms with van der Waals surface area (Å²) in [4.78, 5) is 11.3. The third-order valence-electron chi connectivity index (χ3n) is 1.89. The Labute approximate surface area is 90.2 Å². The highest BCUT2D eigenvalue weighted by Gasteiger charge is 2.20. The molecule has 0 saturated heterocycles. The number of hydrogen-bond donors (Lipinski definition) is 0. The third-order valence-corrected chi connectivity index (χ3v) is 2.54. The van der Waals surface area contributed by atoms with E-state index >= 15 is 0 Å². The first kappa shape index (κ1) is 11.2. The van der Waals surface area contributed by atoms with Crippen molar-refractivity contribution in [1.29, 1.82) is 0 Å². The zero-order valence-corrected chi connectivity index (χ0v) is 9.25. The van der Waals surface area contributed by atoms with Crippen LogP contribution in [0, 0.1) is 5.82 Å². The van der Waals surface area contributed by atoms with Gasteiger partial charge in [0.15, 0.2) is 0 Å². The van der Waals surface area contributed by atoms with Crippen LogP contribution in [0.4, 0.5) is 4.39 Å². The van der Waals surface area contributed by atoms with Crippen molar-refractivity contribution in [3.8, 4) is 0 Å². The number of carbonyl (C=O) groups is 1. The SMILES string of the molecule is COC(=O)C(CBr)c1cccc(F)c1. The van der Waals surface area contributed by atoms with Crippen LogP contribution in [-0.4, -0.2) is 18.4 Å². The van der Waals surface area contributed by atoms with Gasteiger partial charge in [-0.1, -0.05) is 28.1 Å². The summed E-state index contributed by atoms with van der Waals surface area (Å²) in [6, 6.07) is 5.95. The van der Waals surface area contributed by atoms with Gasteiger partial charge in [-0.15, -0.1) is 0 Å². The first-order valence-corrected chi connectivity index (χ1v) is 5.20. The molecule has 76 valence electrons. The van der Waals surface area contributed by atoms with Crippen LogP contribution in [0.5, 0.6) is 0 Å². The normalized spacial score (nSPS) is 12.2. The van der Waals surface area contributed by atoms with Crippen molar-refractivity contribution >= 4 is 21.9 Å². The second-order valence-electron chi connectivity index (χ2n) is 2.79. The minimum absolute atomic E-state index is 0.350. The summed E-state index contributed by atoms with van der Waals surface area (Å²) < 4.78 is 17.5. The number of carbonyl (C=O) groups excluding carboxylic acids is 1. The van der Waals surface area contributed by atoms with Crippen molar-refractivity contribution in [2.24, 2.45) is 0 Å². The van der Waals surface area contributed by atoms with Crippen LogP contribution in [0.15, 0.2) is 24.3 Å². The van der Waals surface area contributed by atoms with Gasteiger partial charge in [-0.05, 0) is 17.7 Å². The molecular formula is C10H10BrFO2. The van der Waals surface area contributed by atoms with Crippen molar-refractivity contribution in [2.75, 3.05) is 12.4 Å². The number of ether oxygens (including phenoxy) is 1. The molecule has 0 heterocycles. The Hall–Kier alpha value is -0.900. The summed E-state index contributed by atoms with van der Waals surface area (Å²) in [5.41, 5.74) is 0.619. The van der Waals surface area contributed by atoms with Gasteiger partial charge in [0.2, 0.25) is 0 Å². The summed E-state index contributed by atoms with van der Waals surface area (Å²) in [6.45, 7) is 0. The molecule has 4 heteroatoms. The van der Waals surface area contributed by atoms with E-state index in [1.54, 1.807) is 12.1 Å². The standard InChI is InChI=1S/C10H10BrFO2/c1-14-10(13)9(6-11)7-3-2-4-8(12)5-7/h2-5,9H,6H2,1H3. The highest BCUT2D eigenvalue weighted by atomic mass is 79.9. The van der Waals surface area contributed by atoms with E-state index in [0.717, 1.165) is 0 Å². The fourth-order valence-electron chi connectivity index (χ4n) is 1.15. The molecule has 1 rings (SSSR count). The molecule has 1 unspecified atom stereocenters. The molecule has 1 aromatic carbocycles. The molecule has 14 heavy (non-hydrogen) atoms. The lowest BCUT2D eigenvalue weighted by Gasteiger charge is -2.11. The van der Waals surface area contributed by atoms with Gasteiger partial charge in [-0.3, -0.25) is 4.79 Å². The number of methoxy groups -OCH3 is 1. The molecule has 2 nitrogen and oxygen atoms in total. The van der Waals surface area contributed by atoms with Crippen LogP contribution >= 0.6 is 15.9 Å². The zero-order valence-electron chi connectivity index (χ0n) is 7.67. The summed E-state index contributed by atoms with van der Waals surface area (Å²) >= 11 is 3.20. The Morgan fingerprint density at radius 2 is 2.36 bits per heavy atom. The van der Waals surface area contributed by atoms with Gasteiger partial charge >= 0.3 is 5.97 Å². The second-order valence-corrected chi connectivity index (χ2v) is 3.43. The highest BCUT2D eigenvalue weighted by molar-refractivity contribution is 9.09. The van der Waals surface area contributed by atoms with Crippen LogP contribution in [-0.2, 0) is 9.53 Å². The van der Waals surface area contributed by atoms with E-state index in [1.165, 1.54) is 19.2 Å². The first-order chi connectivity index (χ1) is 6.69. The predicted molar refractivity (Wildman–Crippen MR) is 55.0 cm³/mol. The molecule has 0 aliphatic rings. The van der Waals surface area contributed by atoms with Gasteiger partial charge < -0.3 is 4.74 Å². The van der Waals surface area contributed by atoms with Gasteiger partial charge in [0, 0.05) is 5.33 Å². The van der Waals surface area contributed by atoms with Crippen molar-refractivity contribution < 1.29 is 13.9 Å². The molecule has 0 spiro atoms. The van der Waals surface area contributed by atoms with Crippen LogP contribution < -0.4 is 0 Å². The lowest BCUT2D eigenvalue weighted by Crippen LogP contribution is -2.15. The third kappa shape index (κ3) is 2.54. The second kappa shape index (κ2) is 5.10. The maximum Gasteiger partial charge on any atom is 0.313 e. The van der Waals surface area contributed by atoms with E-state index in [-0.39, 0.29) is 11.8 Å². The van der Waals surface area contributed by atoms with Crippen LogP contribution in [0.1, 0.15) is 11.5 Å². The Morgan fingerprint density at radius 1 is 1.64 bits per heavy atom. The molecule has 0 radical (unpaired) electrons. The fourth-order valence-corrected chi connectivity index (χ4v) is 1.79. The molecule has 0 N–H and O–H groups in total. The van der Waals surface area contributed by atoms with E-state index in [2.05, 4.69) is 20.7 Å². The number of esters is 1. The molecule has 1 aromatic rings. The van der Waals surface area contributed by atoms with Crippen LogP contribution in [0.3, 0.4) is 0 Å². The van der Waals surface area contributed by atoms with E-state index in [0.29, 0.717) is 10.9 Å². The molecule has 0 saturated carbocycles. The van der Waals surface area contributed by atoms with Gasteiger partial charge in [-0.25, -0.2) is 4.39 Å². The smallest absolute Gasteiger partial charge is 0.313 e. The number of hydrogen-bond acceptors (Lipinski definition) is 2. The number of benzene rings is 1. The minimum atomic E-state index is -0.448. The monoisotopic (exact) mass is 260 g/mol. The average molecular weight is 261 g/mol. The predicted octanol–water partition coefficient (Wildman–Crippen LogP) is 2.48.